The maximum absolute atomic E-state index is 11.7. The van der Waals surface area contributed by atoms with Gasteiger partial charge in [0, 0.05) is 4.91 Å². The van der Waals surface area contributed by atoms with Gasteiger partial charge >= 0.3 is 29.6 Å². The van der Waals surface area contributed by atoms with Gasteiger partial charge in [-0.15, -0.1) is 11.8 Å². The van der Waals surface area contributed by atoms with Gasteiger partial charge in [0.15, 0.2) is 0 Å². The molecule has 0 aromatic heterocycles. The van der Waals surface area contributed by atoms with Crippen LogP contribution in [0, 0.1) is 5.92 Å². The summed E-state index contributed by atoms with van der Waals surface area (Å²) in [5, 5.41) is 11.1. The van der Waals surface area contributed by atoms with E-state index in [0.29, 0.717) is 0 Å². The number of thioether (sulfide) groups is 1. The molecule has 1 fully saturated rings. The average molecular weight is 263 g/mol. The Kier molecular flexibility index (Phi) is 5.13. The van der Waals surface area contributed by atoms with E-state index < -0.39 is 12.0 Å². The third-order valence-electron chi connectivity index (χ3n) is 3.16. The Labute approximate surface area is 127 Å². The third-order valence-corrected chi connectivity index (χ3v) is 4.14. The van der Waals surface area contributed by atoms with Crippen LogP contribution >= 0.6 is 11.8 Å². The predicted molar refractivity (Wildman–Crippen MR) is 59.4 cm³/mol. The van der Waals surface area contributed by atoms with E-state index in [0.717, 1.165) is 17.1 Å². The van der Waals surface area contributed by atoms with Crippen LogP contribution in [0.2, 0.25) is 0 Å². The van der Waals surface area contributed by atoms with Gasteiger partial charge in [-0.05, 0) is 18.2 Å². The summed E-state index contributed by atoms with van der Waals surface area (Å²) in [4.78, 5) is 25.0. The van der Waals surface area contributed by atoms with Crippen LogP contribution in [0.15, 0.2) is 11.0 Å². The van der Waals surface area contributed by atoms with Crippen LogP contribution in [-0.2, 0) is 9.59 Å². The summed E-state index contributed by atoms with van der Waals surface area (Å²) in [6, 6.07) is -0.861. The summed E-state index contributed by atoms with van der Waals surface area (Å²) < 4.78 is 0. The van der Waals surface area contributed by atoms with Crippen LogP contribution in [-0.4, -0.2) is 34.6 Å². The number of rotatable bonds is 4. The Balaban J connectivity index is 0.00000144. The van der Waals surface area contributed by atoms with E-state index in [4.69, 9.17) is 0 Å². The summed E-state index contributed by atoms with van der Waals surface area (Å²) in [5.74, 6) is -0.444. The first kappa shape index (κ1) is 15.1. The monoisotopic (exact) mass is 263 g/mol. The van der Waals surface area contributed by atoms with E-state index in [-0.39, 0.29) is 47.4 Å². The second-order valence-electron chi connectivity index (χ2n) is 3.97. The molecule has 3 atom stereocenters. The fraction of sp³-hybridized carbons (Fsp3) is 0.636. The quantitative estimate of drug-likeness (QED) is 0.400. The molecule has 88 valence electrons. The standard InChI is InChI=1S/C11H15NO3S.Na/c1-3-6-7-5-8(16-4-2)9(11(14)15)12(7)10(6)13;/h5-7,9H,3-4H2,1-2H3,(H,14,15);/q;+1/p-1/t6-,7?,9+;/m0./s1. The van der Waals surface area contributed by atoms with Gasteiger partial charge in [0.1, 0.15) is 6.04 Å². The molecule has 2 aliphatic rings. The van der Waals surface area contributed by atoms with Crippen molar-refractivity contribution in [2.45, 2.75) is 32.4 Å². The largest absolute Gasteiger partial charge is 1.00 e. The Hall–Kier alpha value is 0.0300. The average Bonchev–Trinajstić information content (AvgIpc) is 2.55. The molecule has 17 heavy (non-hydrogen) atoms. The molecule has 0 aromatic rings. The second kappa shape index (κ2) is 5.78. The van der Waals surface area contributed by atoms with Crippen LogP contribution < -0.4 is 34.7 Å². The first-order chi connectivity index (χ1) is 7.61. The Morgan fingerprint density at radius 3 is 2.65 bits per heavy atom. The first-order valence-electron chi connectivity index (χ1n) is 5.49. The van der Waals surface area contributed by atoms with Crippen molar-refractivity contribution in [1.29, 1.82) is 0 Å². The molecule has 0 bridgehead atoms. The molecule has 1 unspecified atom stereocenters. The summed E-state index contributed by atoms with van der Waals surface area (Å²) in [6.07, 6.45) is 2.69. The minimum atomic E-state index is -1.17. The van der Waals surface area contributed by atoms with Crippen LogP contribution in [0.3, 0.4) is 0 Å². The van der Waals surface area contributed by atoms with Crippen molar-refractivity contribution in [2.75, 3.05) is 5.75 Å². The Morgan fingerprint density at radius 1 is 1.53 bits per heavy atom. The van der Waals surface area contributed by atoms with Gasteiger partial charge in [0.05, 0.1) is 17.9 Å². The normalized spacial score (nSPS) is 30.2. The zero-order valence-corrected chi connectivity index (χ0v) is 13.1. The van der Waals surface area contributed by atoms with Crippen LogP contribution in [0.25, 0.3) is 0 Å². The van der Waals surface area contributed by atoms with Gasteiger partial charge in [-0.1, -0.05) is 13.8 Å². The number of carboxylic acid groups (broad SMARTS) is 1. The minimum Gasteiger partial charge on any atom is -0.547 e. The van der Waals surface area contributed by atoms with Gasteiger partial charge in [-0.2, -0.15) is 0 Å². The molecular formula is C11H14NNaO3S. The van der Waals surface area contributed by atoms with E-state index in [9.17, 15) is 14.7 Å². The first-order valence-corrected chi connectivity index (χ1v) is 6.47. The molecule has 0 aromatic carbocycles. The molecule has 2 rings (SSSR count). The molecule has 0 saturated carbocycles. The van der Waals surface area contributed by atoms with E-state index >= 15 is 0 Å². The van der Waals surface area contributed by atoms with Gasteiger partial charge in [0.2, 0.25) is 5.91 Å². The Bertz CT molecular complexity index is 372. The van der Waals surface area contributed by atoms with Gasteiger partial charge in [0.25, 0.3) is 0 Å². The number of amides is 1. The van der Waals surface area contributed by atoms with Crippen molar-refractivity contribution in [3.63, 3.8) is 0 Å². The topological polar surface area (TPSA) is 60.4 Å². The number of aliphatic carboxylic acids is 1. The third kappa shape index (κ3) is 2.30. The zero-order chi connectivity index (χ0) is 11.9. The Morgan fingerprint density at radius 2 is 2.18 bits per heavy atom. The molecule has 2 heterocycles. The summed E-state index contributed by atoms with van der Waals surface area (Å²) >= 11 is 1.48. The molecule has 2 aliphatic heterocycles. The molecule has 0 N–H and O–H groups in total. The molecule has 0 aliphatic carbocycles. The van der Waals surface area contributed by atoms with Crippen molar-refractivity contribution in [1.82, 2.24) is 4.90 Å². The van der Waals surface area contributed by atoms with E-state index in [1.165, 1.54) is 16.7 Å². The number of hydrogen-bond acceptors (Lipinski definition) is 4. The van der Waals surface area contributed by atoms with Crippen LogP contribution in [0.4, 0.5) is 0 Å². The van der Waals surface area contributed by atoms with Crippen molar-refractivity contribution in [2.24, 2.45) is 5.92 Å². The summed E-state index contributed by atoms with van der Waals surface area (Å²) in [6.45, 7) is 3.92. The SMILES string of the molecule is CCSC1=CC2[C@H](CC)C(=O)N2[C@H]1C(=O)[O-].[Na+]. The number of β-lactam (4-membered cyclic amide) rings is 1. The minimum absolute atomic E-state index is 0. The van der Waals surface area contributed by atoms with Gasteiger partial charge < -0.3 is 14.8 Å². The van der Waals surface area contributed by atoms with Crippen LogP contribution in [0.5, 0.6) is 0 Å². The molecular weight excluding hydrogens is 249 g/mol. The smallest absolute Gasteiger partial charge is 0.547 e. The van der Waals surface area contributed by atoms with Crippen molar-refractivity contribution < 1.29 is 44.3 Å². The fourth-order valence-electron chi connectivity index (χ4n) is 2.43. The maximum Gasteiger partial charge on any atom is 1.00 e. The second-order valence-corrected chi connectivity index (χ2v) is 5.31. The van der Waals surface area contributed by atoms with E-state index in [1.54, 1.807) is 0 Å². The van der Waals surface area contributed by atoms with Crippen molar-refractivity contribution in [3.8, 4) is 0 Å². The molecule has 6 heteroatoms. The summed E-state index contributed by atoms with van der Waals surface area (Å²) in [5.41, 5.74) is 0. The molecule has 0 spiro atoms. The number of carboxylic acids is 1. The number of hydrogen-bond donors (Lipinski definition) is 0. The number of nitrogens with zero attached hydrogens (tertiary/aromatic N) is 1. The predicted octanol–water partition coefficient (Wildman–Crippen LogP) is -3.00. The molecule has 1 amide bonds. The molecule has 4 nitrogen and oxygen atoms in total. The van der Waals surface area contributed by atoms with Crippen LogP contribution in [0.1, 0.15) is 20.3 Å². The van der Waals surface area contributed by atoms with E-state index in [2.05, 4.69) is 0 Å². The van der Waals surface area contributed by atoms with Gasteiger partial charge in [-0.25, -0.2) is 0 Å². The van der Waals surface area contributed by atoms with Gasteiger partial charge in [-0.3, -0.25) is 4.79 Å². The molecule has 1 saturated heterocycles. The number of carbonyl (C=O) groups is 2. The zero-order valence-electron chi connectivity index (χ0n) is 10.3. The maximum atomic E-state index is 11.7. The fourth-order valence-corrected chi connectivity index (χ4v) is 3.36. The van der Waals surface area contributed by atoms with Crippen molar-refractivity contribution >= 4 is 23.6 Å². The van der Waals surface area contributed by atoms with Crippen molar-refractivity contribution in [3.05, 3.63) is 11.0 Å². The number of fused-ring (bicyclic) bond motifs is 1. The van der Waals surface area contributed by atoms with E-state index in [1.807, 2.05) is 19.9 Å². The summed E-state index contributed by atoms with van der Waals surface area (Å²) in [7, 11) is 0. The number of carbonyl (C=O) groups excluding carboxylic acids is 2. The molecule has 0 radical (unpaired) electrons.